The van der Waals surface area contributed by atoms with Crippen LogP contribution in [-0.2, 0) is 11.3 Å². The van der Waals surface area contributed by atoms with Gasteiger partial charge in [-0.1, -0.05) is 26.0 Å². The molecule has 5 heteroatoms. The minimum Gasteiger partial charge on any atom is -0.355 e. The van der Waals surface area contributed by atoms with Crippen molar-refractivity contribution in [2.24, 2.45) is 5.92 Å². The van der Waals surface area contributed by atoms with Gasteiger partial charge in [-0.2, -0.15) is 0 Å². The molecule has 0 aromatic heterocycles. The molecule has 1 aromatic rings. The highest BCUT2D eigenvalue weighted by atomic mass is 19.1. The smallest absolute Gasteiger partial charge is 0.242 e. The summed E-state index contributed by atoms with van der Waals surface area (Å²) in [5, 5.41) is 6.15. The van der Waals surface area contributed by atoms with Crippen molar-refractivity contribution in [2.75, 3.05) is 24.5 Å². The van der Waals surface area contributed by atoms with Crippen LogP contribution < -0.4 is 15.5 Å². The molecular formula is C16H24FN3O. The van der Waals surface area contributed by atoms with Gasteiger partial charge in [-0.25, -0.2) is 4.39 Å². The molecule has 1 aliphatic heterocycles. The third kappa shape index (κ3) is 3.73. The summed E-state index contributed by atoms with van der Waals surface area (Å²) in [6, 6.07) is 4.75. The van der Waals surface area contributed by atoms with Crippen LogP contribution in [0.1, 0.15) is 26.3 Å². The largest absolute Gasteiger partial charge is 0.355 e. The Morgan fingerprint density at radius 1 is 1.48 bits per heavy atom. The minimum absolute atomic E-state index is 0.0504. The maximum absolute atomic E-state index is 14.3. The van der Waals surface area contributed by atoms with Gasteiger partial charge in [0.25, 0.3) is 0 Å². The second kappa shape index (κ2) is 6.89. The van der Waals surface area contributed by atoms with Crippen LogP contribution in [0.4, 0.5) is 10.1 Å². The maximum Gasteiger partial charge on any atom is 0.242 e. The quantitative estimate of drug-likeness (QED) is 0.871. The summed E-state index contributed by atoms with van der Waals surface area (Å²) >= 11 is 0. The number of anilines is 1. The number of nitrogens with zero attached hydrogens (tertiary/aromatic N) is 1. The van der Waals surface area contributed by atoms with Crippen molar-refractivity contribution in [3.8, 4) is 0 Å². The molecule has 1 fully saturated rings. The lowest BCUT2D eigenvalue weighted by Gasteiger charge is -2.36. The van der Waals surface area contributed by atoms with E-state index in [0.29, 0.717) is 31.2 Å². The molecule has 2 rings (SSSR count). The van der Waals surface area contributed by atoms with Crippen LogP contribution in [0, 0.1) is 11.7 Å². The zero-order valence-corrected chi connectivity index (χ0v) is 12.9. The van der Waals surface area contributed by atoms with E-state index < -0.39 is 0 Å². The summed E-state index contributed by atoms with van der Waals surface area (Å²) < 4.78 is 14.3. The molecule has 0 radical (unpaired) electrons. The van der Waals surface area contributed by atoms with Crippen molar-refractivity contribution in [2.45, 2.75) is 33.4 Å². The van der Waals surface area contributed by atoms with Gasteiger partial charge in [0.2, 0.25) is 5.91 Å². The molecule has 2 N–H and O–H groups in total. The molecule has 0 aliphatic carbocycles. The van der Waals surface area contributed by atoms with Gasteiger partial charge in [0.05, 0.1) is 5.69 Å². The minimum atomic E-state index is -0.348. The lowest BCUT2D eigenvalue weighted by molar-refractivity contribution is -0.122. The van der Waals surface area contributed by atoms with E-state index >= 15 is 0 Å². The van der Waals surface area contributed by atoms with Crippen molar-refractivity contribution < 1.29 is 9.18 Å². The van der Waals surface area contributed by atoms with Gasteiger partial charge in [-0.05, 0) is 31.0 Å². The first-order chi connectivity index (χ1) is 10.0. The Bertz CT molecular complexity index is 504. The van der Waals surface area contributed by atoms with Gasteiger partial charge in [-0.15, -0.1) is 0 Å². The van der Waals surface area contributed by atoms with Gasteiger partial charge in [-0.3, -0.25) is 4.79 Å². The Balaban J connectivity index is 2.22. The summed E-state index contributed by atoms with van der Waals surface area (Å²) in [4.78, 5) is 13.7. The summed E-state index contributed by atoms with van der Waals surface area (Å²) in [6.07, 6.45) is 0. The second-order valence-electron chi connectivity index (χ2n) is 5.93. The molecule has 1 amide bonds. The molecule has 1 aliphatic rings. The average Bonchev–Trinajstić information content (AvgIpc) is 2.42. The Kier molecular flexibility index (Phi) is 5.17. The number of carbonyl (C=O) groups is 1. The summed E-state index contributed by atoms with van der Waals surface area (Å²) in [5.74, 6) is 0.229. The van der Waals surface area contributed by atoms with Crippen LogP contribution in [0.2, 0.25) is 0 Å². The topological polar surface area (TPSA) is 44.4 Å². The lowest BCUT2D eigenvalue weighted by Crippen LogP contribution is -2.54. The zero-order chi connectivity index (χ0) is 15.4. The van der Waals surface area contributed by atoms with Crippen molar-refractivity contribution >= 4 is 11.6 Å². The van der Waals surface area contributed by atoms with Crippen molar-refractivity contribution in [3.63, 3.8) is 0 Å². The fraction of sp³-hybridized carbons (Fsp3) is 0.562. The number of halogens is 1. The molecule has 0 bridgehead atoms. The number of carbonyl (C=O) groups excluding carboxylic acids is 1. The van der Waals surface area contributed by atoms with Crippen molar-refractivity contribution in [1.29, 1.82) is 0 Å². The Labute approximate surface area is 125 Å². The van der Waals surface area contributed by atoms with E-state index in [-0.39, 0.29) is 17.8 Å². The molecule has 4 nitrogen and oxygen atoms in total. The molecule has 0 spiro atoms. The van der Waals surface area contributed by atoms with Gasteiger partial charge < -0.3 is 15.5 Å². The Morgan fingerprint density at radius 2 is 2.24 bits per heavy atom. The first-order valence-corrected chi connectivity index (χ1v) is 7.53. The number of hydrogen-bond acceptors (Lipinski definition) is 3. The van der Waals surface area contributed by atoms with E-state index in [9.17, 15) is 9.18 Å². The fourth-order valence-corrected chi connectivity index (χ4v) is 2.61. The lowest BCUT2D eigenvalue weighted by atomic mass is 10.1. The second-order valence-corrected chi connectivity index (χ2v) is 5.93. The molecule has 0 saturated carbocycles. The number of piperazine rings is 1. The van der Waals surface area contributed by atoms with Crippen LogP contribution in [0.25, 0.3) is 0 Å². The van der Waals surface area contributed by atoms with E-state index in [1.54, 1.807) is 6.07 Å². The van der Waals surface area contributed by atoms with Crippen LogP contribution in [0.3, 0.4) is 0 Å². The van der Waals surface area contributed by atoms with Crippen molar-refractivity contribution in [3.05, 3.63) is 29.6 Å². The van der Waals surface area contributed by atoms with Crippen LogP contribution in [0.5, 0.6) is 0 Å². The average molecular weight is 293 g/mol. The maximum atomic E-state index is 14.3. The molecule has 1 saturated heterocycles. The molecule has 1 aromatic carbocycles. The molecule has 116 valence electrons. The highest BCUT2D eigenvalue weighted by Crippen LogP contribution is 2.27. The fourth-order valence-electron chi connectivity index (χ4n) is 2.61. The predicted octanol–water partition coefficient (Wildman–Crippen LogP) is 1.90. The number of benzene rings is 1. The van der Waals surface area contributed by atoms with Gasteiger partial charge >= 0.3 is 0 Å². The first kappa shape index (κ1) is 15.8. The van der Waals surface area contributed by atoms with E-state index in [4.69, 9.17) is 0 Å². The number of rotatable bonds is 5. The van der Waals surface area contributed by atoms with Crippen LogP contribution >= 0.6 is 0 Å². The van der Waals surface area contributed by atoms with E-state index in [2.05, 4.69) is 24.5 Å². The predicted molar refractivity (Wildman–Crippen MR) is 82.8 cm³/mol. The Hall–Kier alpha value is -1.62. The first-order valence-electron chi connectivity index (χ1n) is 7.53. The molecule has 1 heterocycles. The number of nitrogens with one attached hydrogen (secondary N) is 2. The van der Waals surface area contributed by atoms with Crippen molar-refractivity contribution in [1.82, 2.24) is 10.6 Å². The number of para-hydroxylation sites is 1. The van der Waals surface area contributed by atoms with Gasteiger partial charge in [0, 0.05) is 19.6 Å². The molecule has 1 atom stereocenters. The molecular weight excluding hydrogens is 269 g/mol. The zero-order valence-electron chi connectivity index (χ0n) is 12.9. The Morgan fingerprint density at radius 3 is 2.95 bits per heavy atom. The monoisotopic (exact) mass is 293 g/mol. The van der Waals surface area contributed by atoms with E-state index in [1.165, 1.54) is 6.07 Å². The highest BCUT2D eigenvalue weighted by Gasteiger charge is 2.28. The number of hydrogen-bond donors (Lipinski definition) is 2. The molecule has 1 unspecified atom stereocenters. The third-order valence-electron chi connectivity index (χ3n) is 3.72. The third-order valence-corrected chi connectivity index (χ3v) is 3.72. The van der Waals surface area contributed by atoms with E-state index in [0.717, 1.165) is 12.1 Å². The summed E-state index contributed by atoms with van der Waals surface area (Å²) in [6.45, 7) is 8.75. The normalized spacial score (nSPS) is 19.0. The van der Waals surface area contributed by atoms with Gasteiger partial charge in [0.15, 0.2) is 0 Å². The highest BCUT2D eigenvalue weighted by molar-refractivity contribution is 5.86. The van der Waals surface area contributed by atoms with Gasteiger partial charge in [0.1, 0.15) is 11.9 Å². The summed E-state index contributed by atoms with van der Waals surface area (Å²) in [7, 11) is 0. The summed E-state index contributed by atoms with van der Waals surface area (Å²) in [5.41, 5.74) is 1.45. The number of amides is 1. The van der Waals surface area contributed by atoms with Crippen LogP contribution in [-0.4, -0.2) is 31.6 Å². The SMILES string of the molecule is CC(C)CNCc1cccc(F)c1N1CCNC(=O)C1C. The van der Waals surface area contributed by atoms with E-state index in [1.807, 2.05) is 17.9 Å². The standard InChI is InChI=1S/C16H24FN3O/c1-11(2)9-18-10-13-5-4-6-14(17)15(13)20-8-7-19-16(21)12(20)3/h4-6,11-12,18H,7-10H2,1-3H3,(H,19,21). The molecule has 21 heavy (non-hydrogen) atoms. The van der Waals surface area contributed by atoms with Crippen LogP contribution in [0.15, 0.2) is 18.2 Å².